The molecule has 0 bridgehead atoms. The van der Waals surface area contributed by atoms with Crippen LogP contribution in [0.3, 0.4) is 0 Å². The Bertz CT molecular complexity index is 364. The second-order valence-corrected chi connectivity index (χ2v) is 4.25. The van der Waals surface area contributed by atoms with Gasteiger partial charge in [-0.2, -0.15) is 0 Å². The quantitative estimate of drug-likeness (QED) is 0.800. The van der Waals surface area contributed by atoms with Gasteiger partial charge in [-0.15, -0.1) is 0 Å². The van der Waals surface area contributed by atoms with E-state index in [1.54, 1.807) is 7.05 Å². The first kappa shape index (κ1) is 14.9. The summed E-state index contributed by atoms with van der Waals surface area (Å²) in [7, 11) is 1.55. The summed E-state index contributed by atoms with van der Waals surface area (Å²) in [5.74, 6) is -1.39. The van der Waals surface area contributed by atoms with Crippen LogP contribution < -0.4 is 5.73 Å². The van der Waals surface area contributed by atoms with E-state index >= 15 is 0 Å². The van der Waals surface area contributed by atoms with Crippen molar-refractivity contribution in [3.05, 3.63) is 35.4 Å². The predicted molar refractivity (Wildman–Crippen MR) is 61.4 cm³/mol. The normalized spacial score (nSPS) is 13.3. The Kier molecular flexibility index (Phi) is 5.55. The maximum Gasteiger partial charge on any atom is 0.251 e. The zero-order valence-corrected chi connectivity index (χ0v) is 10.0. The molecule has 0 saturated carbocycles. The number of alkyl halides is 2. The van der Waals surface area contributed by atoms with Gasteiger partial charge in [-0.1, -0.05) is 0 Å². The van der Waals surface area contributed by atoms with Crippen LogP contribution in [-0.2, 0) is 0 Å². The molecule has 18 heavy (non-hydrogen) atoms. The van der Waals surface area contributed by atoms with Crippen LogP contribution in [0.2, 0.25) is 0 Å². The minimum absolute atomic E-state index is 0.331. The van der Waals surface area contributed by atoms with Crippen molar-refractivity contribution >= 4 is 0 Å². The van der Waals surface area contributed by atoms with E-state index < -0.39 is 24.1 Å². The Labute approximate surface area is 103 Å². The largest absolute Gasteiger partial charge is 0.324 e. The van der Waals surface area contributed by atoms with E-state index in [9.17, 15) is 17.6 Å². The molecule has 1 rings (SSSR count). The number of hydrogen-bond acceptors (Lipinski definition) is 2. The summed E-state index contributed by atoms with van der Waals surface area (Å²) in [5, 5.41) is 0. The summed E-state index contributed by atoms with van der Waals surface area (Å²) >= 11 is 0. The van der Waals surface area contributed by atoms with Crippen molar-refractivity contribution < 1.29 is 17.6 Å². The van der Waals surface area contributed by atoms with Crippen molar-refractivity contribution in [2.75, 3.05) is 20.1 Å². The van der Waals surface area contributed by atoms with Gasteiger partial charge in [-0.3, -0.25) is 0 Å². The lowest BCUT2D eigenvalue weighted by molar-refractivity contribution is 0.0990. The number of nitrogens with two attached hydrogens (primary N) is 1. The summed E-state index contributed by atoms with van der Waals surface area (Å²) in [6, 6.07) is 2.50. The molecule has 0 heterocycles. The summed E-state index contributed by atoms with van der Waals surface area (Å²) in [6.07, 6.45) is -2.05. The Balaban J connectivity index is 2.52. The van der Waals surface area contributed by atoms with Crippen LogP contribution in [0.15, 0.2) is 18.2 Å². The lowest BCUT2D eigenvalue weighted by Crippen LogP contribution is -2.28. The van der Waals surface area contributed by atoms with Crippen LogP contribution in [0.4, 0.5) is 17.6 Å². The van der Waals surface area contributed by atoms with Gasteiger partial charge in [0.2, 0.25) is 0 Å². The fourth-order valence-corrected chi connectivity index (χ4v) is 1.64. The molecule has 1 unspecified atom stereocenters. The molecule has 0 aliphatic rings. The van der Waals surface area contributed by atoms with Gasteiger partial charge < -0.3 is 10.6 Å². The van der Waals surface area contributed by atoms with Gasteiger partial charge in [0.25, 0.3) is 6.43 Å². The molecule has 1 atom stereocenters. The van der Waals surface area contributed by atoms with Gasteiger partial charge >= 0.3 is 0 Å². The molecule has 1 aromatic carbocycles. The van der Waals surface area contributed by atoms with Gasteiger partial charge in [0.05, 0.1) is 6.54 Å². The van der Waals surface area contributed by atoms with Crippen LogP contribution in [0.25, 0.3) is 0 Å². The van der Waals surface area contributed by atoms with E-state index in [2.05, 4.69) is 0 Å². The third-order valence-corrected chi connectivity index (χ3v) is 2.58. The smallest absolute Gasteiger partial charge is 0.251 e. The lowest BCUT2D eigenvalue weighted by atomic mass is 10.0. The molecule has 6 heteroatoms. The van der Waals surface area contributed by atoms with E-state index in [-0.39, 0.29) is 6.54 Å². The lowest BCUT2D eigenvalue weighted by Gasteiger charge is -2.19. The fraction of sp³-hybridized carbons (Fsp3) is 0.500. The van der Waals surface area contributed by atoms with E-state index in [0.717, 1.165) is 18.2 Å². The highest BCUT2D eigenvalue weighted by molar-refractivity contribution is 5.21. The molecule has 0 amide bonds. The molecule has 102 valence electrons. The molecule has 2 N–H and O–H groups in total. The molecule has 0 aliphatic heterocycles. The average molecular weight is 264 g/mol. The Hall–Kier alpha value is -1.14. The van der Waals surface area contributed by atoms with Gasteiger partial charge in [-0.05, 0) is 37.7 Å². The summed E-state index contributed by atoms with van der Waals surface area (Å²) in [4.78, 5) is 1.43. The predicted octanol–water partition coefficient (Wildman–Crippen LogP) is 2.55. The third-order valence-electron chi connectivity index (χ3n) is 2.58. The average Bonchev–Trinajstić information content (AvgIpc) is 2.23. The first-order valence-corrected chi connectivity index (χ1v) is 5.56. The fourth-order valence-electron chi connectivity index (χ4n) is 1.64. The van der Waals surface area contributed by atoms with Crippen molar-refractivity contribution in [3.63, 3.8) is 0 Å². The third kappa shape index (κ3) is 5.01. The van der Waals surface area contributed by atoms with Crippen LogP contribution in [0.1, 0.15) is 18.0 Å². The number of benzene rings is 1. The SMILES string of the molecule is CN(CCC(N)c1cc(F)cc(F)c1)CC(F)F. The summed E-state index contributed by atoms with van der Waals surface area (Å²) in [5.41, 5.74) is 6.10. The maximum absolute atomic E-state index is 13.0. The van der Waals surface area contributed by atoms with Crippen molar-refractivity contribution in [2.45, 2.75) is 18.9 Å². The Morgan fingerprint density at radius 3 is 2.22 bits per heavy atom. The standard InChI is InChI=1S/C12H16F4N2/c1-18(7-12(15)16)3-2-11(17)8-4-9(13)6-10(14)5-8/h4-6,11-12H,2-3,7,17H2,1H3. The number of hydrogen-bond donors (Lipinski definition) is 1. The van der Waals surface area contributed by atoms with Gasteiger partial charge in [0, 0.05) is 12.1 Å². The summed E-state index contributed by atoms with van der Waals surface area (Å²) < 4.78 is 50.0. The number of nitrogens with zero attached hydrogens (tertiary/aromatic N) is 1. The number of halogens is 4. The minimum atomic E-state index is -2.40. The monoisotopic (exact) mass is 264 g/mol. The van der Waals surface area contributed by atoms with Crippen molar-refractivity contribution in [3.8, 4) is 0 Å². The first-order chi connectivity index (χ1) is 8.38. The van der Waals surface area contributed by atoms with Crippen molar-refractivity contribution in [1.82, 2.24) is 4.90 Å². The molecular weight excluding hydrogens is 248 g/mol. The molecule has 0 aromatic heterocycles. The highest BCUT2D eigenvalue weighted by Gasteiger charge is 2.12. The highest BCUT2D eigenvalue weighted by Crippen LogP contribution is 2.17. The molecule has 0 aliphatic carbocycles. The van der Waals surface area contributed by atoms with E-state index in [0.29, 0.717) is 18.5 Å². The summed E-state index contributed by atoms with van der Waals surface area (Å²) in [6.45, 7) is -0.00608. The first-order valence-electron chi connectivity index (χ1n) is 5.56. The van der Waals surface area contributed by atoms with Crippen LogP contribution in [-0.4, -0.2) is 31.5 Å². The molecule has 0 radical (unpaired) electrons. The minimum Gasteiger partial charge on any atom is -0.324 e. The van der Waals surface area contributed by atoms with Gasteiger partial charge in [0.15, 0.2) is 0 Å². The van der Waals surface area contributed by atoms with Crippen molar-refractivity contribution in [1.29, 1.82) is 0 Å². The number of rotatable bonds is 6. The Morgan fingerprint density at radius 1 is 1.17 bits per heavy atom. The van der Waals surface area contributed by atoms with Gasteiger partial charge in [-0.25, -0.2) is 17.6 Å². The zero-order chi connectivity index (χ0) is 13.7. The molecule has 0 fully saturated rings. The highest BCUT2D eigenvalue weighted by atomic mass is 19.3. The van der Waals surface area contributed by atoms with Crippen LogP contribution in [0.5, 0.6) is 0 Å². The van der Waals surface area contributed by atoms with Gasteiger partial charge in [0.1, 0.15) is 11.6 Å². The topological polar surface area (TPSA) is 29.3 Å². The second-order valence-electron chi connectivity index (χ2n) is 4.25. The van der Waals surface area contributed by atoms with E-state index in [1.807, 2.05) is 0 Å². The molecule has 0 spiro atoms. The molecule has 1 aromatic rings. The molecular formula is C12H16F4N2. The Morgan fingerprint density at radius 2 is 1.72 bits per heavy atom. The maximum atomic E-state index is 13.0. The van der Waals surface area contributed by atoms with Crippen molar-refractivity contribution in [2.24, 2.45) is 5.73 Å². The van der Waals surface area contributed by atoms with Crippen LogP contribution in [0, 0.1) is 11.6 Å². The zero-order valence-electron chi connectivity index (χ0n) is 10.0. The van der Waals surface area contributed by atoms with E-state index in [1.165, 1.54) is 4.90 Å². The molecule has 0 saturated heterocycles. The van der Waals surface area contributed by atoms with Crippen LogP contribution >= 0.6 is 0 Å². The second kappa shape index (κ2) is 6.70. The van der Waals surface area contributed by atoms with E-state index in [4.69, 9.17) is 5.73 Å². The molecule has 2 nitrogen and oxygen atoms in total.